The molecule has 0 aliphatic carbocycles. The number of rotatable bonds is 9. The topological polar surface area (TPSA) is 132 Å². The Bertz CT molecular complexity index is 938. The van der Waals surface area contributed by atoms with Crippen LogP contribution in [0.4, 0.5) is 5.69 Å². The molecule has 2 amide bonds. The minimum absolute atomic E-state index is 0.0815. The Morgan fingerprint density at radius 2 is 1.90 bits per heavy atom. The summed E-state index contributed by atoms with van der Waals surface area (Å²) in [5.41, 5.74) is 2.10. The average Bonchev–Trinajstić information content (AvgIpc) is 2.71. The van der Waals surface area contributed by atoms with Crippen LogP contribution >= 0.6 is 11.8 Å². The maximum absolute atomic E-state index is 12.2. The molecule has 1 aromatic heterocycles. The van der Waals surface area contributed by atoms with Gasteiger partial charge in [0.2, 0.25) is 5.91 Å². The minimum Gasteiger partial charge on any atom is -0.480 e. The van der Waals surface area contributed by atoms with Gasteiger partial charge >= 0.3 is 5.97 Å². The van der Waals surface area contributed by atoms with Gasteiger partial charge in [-0.25, -0.2) is 4.98 Å². The molecule has 0 spiro atoms. The number of aliphatic carboxylic acids is 1. The number of hydrogen-bond donors (Lipinski definition) is 3. The highest BCUT2D eigenvalue weighted by Gasteiger charge is 2.11. The molecule has 150 valence electrons. The predicted octanol–water partition coefficient (Wildman–Crippen LogP) is 2.45. The van der Waals surface area contributed by atoms with Gasteiger partial charge in [0.05, 0.1) is 11.3 Å². The molecule has 0 saturated heterocycles. The van der Waals surface area contributed by atoms with Crippen LogP contribution in [0.2, 0.25) is 0 Å². The lowest BCUT2D eigenvalue weighted by atomic mass is 10.2. The second-order valence-corrected chi connectivity index (χ2v) is 6.97. The number of aryl methyl sites for hydroxylation is 1. The Kier molecular flexibility index (Phi) is 8.18. The highest BCUT2D eigenvalue weighted by atomic mass is 32.2. The van der Waals surface area contributed by atoms with Crippen molar-refractivity contribution in [2.24, 2.45) is 0 Å². The Morgan fingerprint density at radius 3 is 2.52 bits per heavy atom. The van der Waals surface area contributed by atoms with E-state index in [2.05, 4.69) is 21.7 Å². The normalized spacial score (nSPS) is 10.1. The number of carboxylic acids is 1. The number of amides is 2. The molecule has 1 aromatic carbocycles. The molecule has 0 saturated carbocycles. The molecule has 3 N–H and O–H groups in total. The molecule has 9 heteroatoms. The average molecular weight is 412 g/mol. The van der Waals surface area contributed by atoms with E-state index in [1.807, 2.05) is 13.0 Å². The summed E-state index contributed by atoms with van der Waals surface area (Å²) >= 11 is 1.19. The van der Waals surface area contributed by atoms with Crippen molar-refractivity contribution in [3.8, 4) is 6.07 Å². The van der Waals surface area contributed by atoms with E-state index in [0.29, 0.717) is 16.3 Å². The zero-order valence-corrected chi connectivity index (χ0v) is 16.6. The van der Waals surface area contributed by atoms with Gasteiger partial charge in [-0.1, -0.05) is 25.1 Å². The van der Waals surface area contributed by atoms with E-state index in [1.54, 1.807) is 18.2 Å². The summed E-state index contributed by atoms with van der Waals surface area (Å²) in [6, 6.07) is 11.7. The van der Waals surface area contributed by atoms with Crippen molar-refractivity contribution >= 4 is 35.2 Å². The molecule has 1 heterocycles. The summed E-state index contributed by atoms with van der Waals surface area (Å²) in [6.07, 6.45) is 1.74. The second-order valence-electron chi connectivity index (χ2n) is 6.01. The van der Waals surface area contributed by atoms with Gasteiger partial charge in [0, 0.05) is 16.9 Å². The van der Waals surface area contributed by atoms with Gasteiger partial charge in [-0.3, -0.25) is 14.4 Å². The number of anilines is 1. The third-order valence-corrected chi connectivity index (χ3v) is 4.71. The van der Waals surface area contributed by atoms with E-state index < -0.39 is 18.4 Å². The maximum atomic E-state index is 12.2. The van der Waals surface area contributed by atoms with E-state index >= 15 is 0 Å². The third kappa shape index (κ3) is 6.93. The van der Waals surface area contributed by atoms with Gasteiger partial charge in [-0.05, 0) is 42.8 Å². The zero-order valence-electron chi connectivity index (χ0n) is 15.8. The zero-order chi connectivity index (χ0) is 21.2. The molecular formula is C20H20N4O4S. The largest absolute Gasteiger partial charge is 0.480 e. The van der Waals surface area contributed by atoms with E-state index in [1.165, 1.54) is 23.9 Å². The fourth-order valence-electron chi connectivity index (χ4n) is 2.36. The molecule has 0 radical (unpaired) electrons. The van der Waals surface area contributed by atoms with Gasteiger partial charge in [0.25, 0.3) is 5.91 Å². The number of thioether (sulfide) groups is 1. The Morgan fingerprint density at radius 1 is 1.17 bits per heavy atom. The first-order valence-electron chi connectivity index (χ1n) is 8.85. The fraction of sp³-hybridized carbons (Fsp3) is 0.250. The van der Waals surface area contributed by atoms with Crippen LogP contribution < -0.4 is 10.6 Å². The van der Waals surface area contributed by atoms with Crippen LogP contribution in [0.25, 0.3) is 0 Å². The summed E-state index contributed by atoms with van der Waals surface area (Å²) in [6.45, 7) is 1.58. The number of nitrogens with zero attached hydrogens (tertiary/aromatic N) is 2. The van der Waals surface area contributed by atoms with Crippen LogP contribution in [0.3, 0.4) is 0 Å². The molecule has 0 aliphatic heterocycles. The van der Waals surface area contributed by atoms with Crippen molar-refractivity contribution in [1.29, 1.82) is 5.26 Å². The molecule has 2 rings (SSSR count). The van der Waals surface area contributed by atoms with Gasteiger partial charge in [0.15, 0.2) is 0 Å². The summed E-state index contributed by atoms with van der Waals surface area (Å²) in [5, 5.41) is 23.3. The number of nitriles is 1. The minimum atomic E-state index is -1.13. The van der Waals surface area contributed by atoms with Crippen molar-refractivity contribution in [1.82, 2.24) is 10.3 Å². The number of carbonyl (C=O) groups is 3. The molecule has 0 fully saturated rings. The lowest BCUT2D eigenvalue weighted by Crippen LogP contribution is -2.29. The van der Waals surface area contributed by atoms with E-state index in [9.17, 15) is 19.6 Å². The lowest BCUT2D eigenvalue weighted by molar-refractivity contribution is -0.135. The Hall–Kier alpha value is -3.38. The lowest BCUT2D eigenvalue weighted by Gasteiger charge is -2.08. The van der Waals surface area contributed by atoms with Crippen molar-refractivity contribution in [3.05, 3.63) is 53.2 Å². The number of carboxylic acid groups (broad SMARTS) is 1. The predicted molar refractivity (Wildman–Crippen MR) is 109 cm³/mol. The number of benzene rings is 1. The molecule has 2 aromatic rings. The summed E-state index contributed by atoms with van der Waals surface area (Å²) < 4.78 is 0. The Labute approximate surface area is 172 Å². The van der Waals surface area contributed by atoms with Gasteiger partial charge in [-0.2, -0.15) is 5.26 Å². The first-order valence-corrected chi connectivity index (χ1v) is 9.84. The summed E-state index contributed by atoms with van der Waals surface area (Å²) in [5.74, 6) is -1.83. The highest BCUT2D eigenvalue weighted by Crippen LogP contribution is 2.21. The van der Waals surface area contributed by atoms with Gasteiger partial charge in [0.1, 0.15) is 17.6 Å². The molecular weight excluding hydrogens is 392 g/mol. The van der Waals surface area contributed by atoms with Crippen LogP contribution in [0.5, 0.6) is 0 Å². The number of carbonyl (C=O) groups excluding carboxylic acids is 2. The van der Waals surface area contributed by atoms with Crippen LogP contribution in [0.15, 0.2) is 41.4 Å². The Balaban J connectivity index is 1.93. The van der Waals surface area contributed by atoms with Crippen molar-refractivity contribution in [2.45, 2.75) is 24.8 Å². The smallest absolute Gasteiger partial charge is 0.322 e. The third-order valence-electron chi connectivity index (χ3n) is 3.72. The number of pyridine rings is 1. The first kappa shape index (κ1) is 21.9. The SMILES string of the molecule is CCCc1ccc(C#N)c(SCC(=O)Nc2ccc(C(=O)NCC(=O)O)cc2)n1. The summed E-state index contributed by atoms with van der Waals surface area (Å²) in [4.78, 5) is 38.9. The molecule has 0 unspecified atom stereocenters. The highest BCUT2D eigenvalue weighted by molar-refractivity contribution is 8.00. The standard InChI is InChI=1S/C20H20N4O4S/c1-2-3-15-9-6-14(10-21)20(24-15)29-12-17(25)23-16-7-4-13(5-8-16)19(28)22-11-18(26)27/h4-9H,2-3,11-12H2,1H3,(H,22,28)(H,23,25)(H,26,27). The summed E-state index contributed by atoms with van der Waals surface area (Å²) in [7, 11) is 0. The van der Waals surface area contributed by atoms with Crippen molar-refractivity contribution in [3.63, 3.8) is 0 Å². The van der Waals surface area contributed by atoms with Crippen LogP contribution in [-0.2, 0) is 16.0 Å². The molecule has 8 nitrogen and oxygen atoms in total. The maximum Gasteiger partial charge on any atom is 0.322 e. The van der Waals surface area contributed by atoms with E-state index in [0.717, 1.165) is 18.5 Å². The quantitative estimate of drug-likeness (QED) is 0.539. The van der Waals surface area contributed by atoms with Crippen molar-refractivity contribution in [2.75, 3.05) is 17.6 Å². The number of hydrogen-bond acceptors (Lipinski definition) is 6. The van der Waals surface area contributed by atoms with E-state index in [-0.39, 0.29) is 17.2 Å². The first-order chi connectivity index (χ1) is 13.9. The monoisotopic (exact) mass is 412 g/mol. The van der Waals surface area contributed by atoms with E-state index in [4.69, 9.17) is 5.11 Å². The molecule has 29 heavy (non-hydrogen) atoms. The molecule has 0 atom stereocenters. The number of nitrogens with one attached hydrogen (secondary N) is 2. The molecule has 0 aliphatic rings. The van der Waals surface area contributed by atoms with Crippen LogP contribution in [0, 0.1) is 11.3 Å². The van der Waals surface area contributed by atoms with Crippen LogP contribution in [0.1, 0.15) is 35.0 Å². The molecule has 0 bridgehead atoms. The van der Waals surface area contributed by atoms with Crippen LogP contribution in [-0.4, -0.2) is 40.2 Å². The van der Waals surface area contributed by atoms with Crippen molar-refractivity contribution < 1.29 is 19.5 Å². The number of aromatic nitrogens is 1. The second kappa shape index (κ2) is 10.8. The fourth-order valence-corrected chi connectivity index (χ4v) is 3.15. The van der Waals surface area contributed by atoms with Gasteiger partial charge < -0.3 is 15.7 Å². The van der Waals surface area contributed by atoms with Gasteiger partial charge in [-0.15, -0.1) is 0 Å².